The molecule has 1 unspecified atom stereocenters. The average molecular weight is 315 g/mol. The SMILES string of the molecule is CCOC1(C(O)Cc2c(C)nn(C)c2Cl)CCCCCC1. The molecule has 0 radical (unpaired) electrons. The van der Waals surface area contributed by atoms with E-state index >= 15 is 0 Å². The predicted molar refractivity (Wildman–Crippen MR) is 84.7 cm³/mol. The van der Waals surface area contributed by atoms with Crippen molar-refractivity contribution in [2.24, 2.45) is 7.05 Å². The van der Waals surface area contributed by atoms with Crippen molar-refractivity contribution in [3.63, 3.8) is 0 Å². The van der Waals surface area contributed by atoms with Crippen LogP contribution < -0.4 is 0 Å². The summed E-state index contributed by atoms with van der Waals surface area (Å²) in [5.74, 6) is 0. The zero-order chi connectivity index (χ0) is 15.5. The van der Waals surface area contributed by atoms with E-state index in [0.29, 0.717) is 18.2 Å². The van der Waals surface area contributed by atoms with E-state index < -0.39 is 11.7 Å². The van der Waals surface area contributed by atoms with E-state index in [0.717, 1.165) is 36.9 Å². The van der Waals surface area contributed by atoms with Gasteiger partial charge in [-0.15, -0.1) is 0 Å². The zero-order valence-corrected chi connectivity index (χ0v) is 14.1. The molecule has 21 heavy (non-hydrogen) atoms. The van der Waals surface area contributed by atoms with Crippen molar-refractivity contribution in [3.8, 4) is 0 Å². The van der Waals surface area contributed by atoms with Crippen LogP contribution in [0.1, 0.15) is 56.7 Å². The van der Waals surface area contributed by atoms with Crippen LogP contribution >= 0.6 is 11.6 Å². The van der Waals surface area contributed by atoms with E-state index in [4.69, 9.17) is 16.3 Å². The standard InChI is InChI=1S/C16H27ClN2O2/c1-4-21-16(9-7-5-6-8-10-16)14(20)11-13-12(2)18-19(3)15(13)17/h14,20H,4-11H2,1-3H3. The van der Waals surface area contributed by atoms with Crippen LogP contribution in [0.4, 0.5) is 0 Å². The lowest BCUT2D eigenvalue weighted by molar-refractivity contribution is -0.128. The summed E-state index contributed by atoms with van der Waals surface area (Å²) in [4.78, 5) is 0. The molecule has 2 rings (SSSR count). The van der Waals surface area contributed by atoms with Gasteiger partial charge in [-0.1, -0.05) is 37.3 Å². The molecular formula is C16H27ClN2O2. The quantitative estimate of drug-likeness (QED) is 0.847. The number of aromatic nitrogens is 2. The second-order valence-electron chi connectivity index (χ2n) is 6.11. The lowest BCUT2D eigenvalue weighted by Crippen LogP contribution is -2.46. The number of aliphatic hydroxyl groups is 1. The van der Waals surface area contributed by atoms with E-state index in [-0.39, 0.29) is 0 Å². The predicted octanol–water partition coefficient (Wildman–Crippen LogP) is 3.41. The molecule has 1 fully saturated rings. The van der Waals surface area contributed by atoms with Gasteiger partial charge in [-0.05, 0) is 26.7 Å². The van der Waals surface area contributed by atoms with Gasteiger partial charge in [0.25, 0.3) is 0 Å². The molecule has 0 aromatic carbocycles. The van der Waals surface area contributed by atoms with Crippen LogP contribution in [0.2, 0.25) is 5.15 Å². The summed E-state index contributed by atoms with van der Waals surface area (Å²) in [5.41, 5.74) is 1.41. The molecule has 1 aromatic heterocycles. The molecule has 1 aliphatic rings. The van der Waals surface area contributed by atoms with Gasteiger partial charge in [-0.2, -0.15) is 5.10 Å². The molecule has 1 N–H and O–H groups in total. The summed E-state index contributed by atoms with van der Waals surface area (Å²) in [6.45, 7) is 4.58. The highest BCUT2D eigenvalue weighted by atomic mass is 35.5. The van der Waals surface area contributed by atoms with E-state index in [1.54, 1.807) is 4.68 Å². The van der Waals surface area contributed by atoms with E-state index in [9.17, 15) is 5.11 Å². The van der Waals surface area contributed by atoms with Gasteiger partial charge in [0.15, 0.2) is 0 Å². The van der Waals surface area contributed by atoms with Crippen molar-refractivity contribution in [3.05, 3.63) is 16.4 Å². The number of rotatable bonds is 5. The maximum atomic E-state index is 10.9. The van der Waals surface area contributed by atoms with Crippen molar-refractivity contribution in [2.45, 2.75) is 70.5 Å². The molecule has 1 atom stereocenters. The Bertz CT molecular complexity index is 465. The van der Waals surface area contributed by atoms with Gasteiger partial charge in [-0.3, -0.25) is 4.68 Å². The lowest BCUT2D eigenvalue weighted by atomic mass is 9.84. The monoisotopic (exact) mass is 314 g/mol. The molecule has 0 amide bonds. The number of ether oxygens (including phenoxy) is 1. The Labute approximate surface area is 132 Å². The first-order valence-electron chi connectivity index (χ1n) is 8.00. The third-order valence-corrected chi connectivity index (χ3v) is 5.13. The molecule has 1 heterocycles. The Morgan fingerprint density at radius 2 is 1.95 bits per heavy atom. The fraction of sp³-hybridized carbons (Fsp3) is 0.812. The second-order valence-corrected chi connectivity index (χ2v) is 6.47. The van der Waals surface area contributed by atoms with Crippen LogP contribution in [0.5, 0.6) is 0 Å². The molecule has 0 spiro atoms. The molecule has 1 aliphatic carbocycles. The van der Waals surface area contributed by atoms with Crippen LogP contribution in [0.25, 0.3) is 0 Å². The summed E-state index contributed by atoms with van der Waals surface area (Å²) in [5, 5.41) is 15.8. The minimum atomic E-state index is -0.532. The summed E-state index contributed by atoms with van der Waals surface area (Å²) < 4.78 is 7.72. The van der Waals surface area contributed by atoms with Gasteiger partial charge in [0.05, 0.1) is 17.4 Å². The first kappa shape index (κ1) is 16.8. The van der Waals surface area contributed by atoms with Crippen molar-refractivity contribution in [2.75, 3.05) is 6.61 Å². The van der Waals surface area contributed by atoms with Gasteiger partial charge in [0, 0.05) is 25.6 Å². The van der Waals surface area contributed by atoms with Crippen molar-refractivity contribution in [1.29, 1.82) is 0 Å². The van der Waals surface area contributed by atoms with E-state index in [1.165, 1.54) is 12.8 Å². The molecule has 1 aromatic rings. The highest BCUT2D eigenvalue weighted by Gasteiger charge is 2.39. The van der Waals surface area contributed by atoms with E-state index in [1.807, 2.05) is 20.9 Å². The van der Waals surface area contributed by atoms with Crippen molar-refractivity contribution < 1.29 is 9.84 Å². The fourth-order valence-corrected chi connectivity index (χ4v) is 3.73. The van der Waals surface area contributed by atoms with Crippen LogP contribution in [-0.2, 0) is 18.2 Å². The first-order chi connectivity index (χ1) is 10.00. The minimum Gasteiger partial charge on any atom is -0.390 e. The lowest BCUT2D eigenvalue weighted by Gasteiger charge is -2.37. The maximum absolute atomic E-state index is 10.9. The number of nitrogens with zero attached hydrogens (tertiary/aromatic N) is 2. The maximum Gasteiger partial charge on any atom is 0.130 e. The highest BCUT2D eigenvalue weighted by Crippen LogP contribution is 2.36. The first-order valence-corrected chi connectivity index (χ1v) is 8.38. The van der Waals surface area contributed by atoms with Crippen molar-refractivity contribution >= 4 is 11.6 Å². The zero-order valence-electron chi connectivity index (χ0n) is 13.4. The number of hydrogen-bond acceptors (Lipinski definition) is 3. The molecule has 5 heteroatoms. The normalized spacial score (nSPS) is 20.2. The number of aryl methyl sites for hydroxylation is 2. The van der Waals surface area contributed by atoms with Crippen LogP contribution in [0.3, 0.4) is 0 Å². The van der Waals surface area contributed by atoms with Gasteiger partial charge < -0.3 is 9.84 Å². The van der Waals surface area contributed by atoms with Crippen LogP contribution in [0, 0.1) is 6.92 Å². The minimum absolute atomic E-state index is 0.420. The number of aliphatic hydroxyl groups excluding tert-OH is 1. The highest BCUT2D eigenvalue weighted by molar-refractivity contribution is 6.30. The Kier molecular flexibility index (Phi) is 5.69. The van der Waals surface area contributed by atoms with Crippen LogP contribution in [0.15, 0.2) is 0 Å². The Morgan fingerprint density at radius 3 is 2.43 bits per heavy atom. The van der Waals surface area contributed by atoms with Crippen molar-refractivity contribution in [1.82, 2.24) is 9.78 Å². The summed E-state index contributed by atoms with van der Waals surface area (Å²) in [6, 6.07) is 0. The second kappa shape index (κ2) is 7.12. The molecule has 0 aliphatic heterocycles. The molecule has 1 saturated carbocycles. The third-order valence-electron chi connectivity index (χ3n) is 4.66. The number of hydrogen-bond donors (Lipinski definition) is 1. The topological polar surface area (TPSA) is 47.3 Å². The van der Waals surface area contributed by atoms with Gasteiger partial charge in [0.1, 0.15) is 5.15 Å². The molecule has 4 nitrogen and oxygen atoms in total. The number of halogens is 1. The van der Waals surface area contributed by atoms with E-state index in [2.05, 4.69) is 5.10 Å². The van der Waals surface area contributed by atoms with Gasteiger partial charge >= 0.3 is 0 Å². The van der Waals surface area contributed by atoms with Gasteiger partial charge in [0.2, 0.25) is 0 Å². The summed E-state index contributed by atoms with van der Waals surface area (Å²) in [7, 11) is 1.83. The van der Waals surface area contributed by atoms with Gasteiger partial charge in [-0.25, -0.2) is 0 Å². The average Bonchev–Trinajstić information content (AvgIpc) is 2.65. The molecule has 0 saturated heterocycles. The Hall–Kier alpha value is -0.580. The molecule has 120 valence electrons. The summed E-state index contributed by atoms with van der Waals surface area (Å²) >= 11 is 6.30. The Balaban J connectivity index is 2.19. The third kappa shape index (κ3) is 3.61. The summed E-state index contributed by atoms with van der Waals surface area (Å²) in [6.07, 6.45) is 6.54. The molecule has 0 bridgehead atoms. The molecular weight excluding hydrogens is 288 g/mol. The smallest absolute Gasteiger partial charge is 0.130 e. The largest absolute Gasteiger partial charge is 0.390 e. The fourth-order valence-electron chi connectivity index (χ4n) is 3.47. The Morgan fingerprint density at radius 1 is 1.33 bits per heavy atom. The van der Waals surface area contributed by atoms with Crippen LogP contribution in [-0.4, -0.2) is 33.2 Å².